The molecule has 0 amide bonds. The number of nitrogens with zero attached hydrogens (tertiary/aromatic N) is 2. The van der Waals surface area contributed by atoms with Crippen molar-refractivity contribution in [2.45, 2.75) is 39.5 Å². The minimum Gasteiger partial charge on any atom is -0.384 e. The zero-order valence-corrected chi connectivity index (χ0v) is 21.0. The number of rotatable bonds is 9. The van der Waals surface area contributed by atoms with Crippen LogP contribution in [0.2, 0.25) is 10.0 Å². The Morgan fingerprint density at radius 2 is 1.36 bits per heavy atom. The predicted molar refractivity (Wildman–Crippen MR) is 142 cm³/mol. The van der Waals surface area contributed by atoms with Crippen molar-refractivity contribution in [1.82, 2.24) is 4.98 Å². The Bertz CT molecular complexity index is 1290. The lowest BCUT2D eigenvalue weighted by molar-refractivity contribution is -0.651. The van der Waals surface area contributed by atoms with E-state index in [2.05, 4.69) is 52.4 Å². The molecule has 0 aliphatic heterocycles. The molecule has 0 atom stereocenters. The van der Waals surface area contributed by atoms with Crippen molar-refractivity contribution in [1.29, 1.82) is 0 Å². The van der Waals surface area contributed by atoms with Crippen molar-refractivity contribution in [3.8, 4) is 0 Å². The van der Waals surface area contributed by atoms with E-state index in [0.717, 1.165) is 63.9 Å². The summed E-state index contributed by atoms with van der Waals surface area (Å²) in [6.07, 6.45) is 4.64. The largest absolute Gasteiger partial charge is 0.384 e. The van der Waals surface area contributed by atoms with Crippen molar-refractivity contribution in [2.24, 2.45) is 7.05 Å². The van der Waals surface area contributed by atoms with Crippen LogP contribution in [0.5, 0.6) is 0 Å². The number of anilines is 2. The lowest BCUT2D eigenvalue weighted by atomic mass is 10.1. The second-order valence-electron chi connectivity index (χ2n) is 8.66. The zero-order chi connectivity index (χ0) is 23.4. The van der Waals surface area contributed by atoms with E-state index >= 15 is 0 Å². The van der Waals surface area contributed by atoms with E-state index in [-0.39, 0.29) is 0 Å². The third-order valence-electron chi connectivity index (χ3n) is 6.13. The highest BCUT2D eigenvalue weighted by Gasteiger charge is 2.13. The third-order valence-corrected chi connectivity index (χ3v) is 6.60. The second-order valence-corrected chi connectivity index (χ2v) is 9.53. The first-order valence-electron chi connectivity index (χ1n) is 11.6. The minimum atomic E-state index is 0.737. The quantitative estimate of drug-likeness (QED) is 0.195. The third kappa shape index (κ3) is 5.69. The van der Waals surface area contributed by atoms with Gasteiger partial charge in [0, 0.05) is 59.0 Å². The van der Waals surface area contributed by atoms with E-state index in [1.807, 2.05) is 37.3 Å². The Morgan fingerprint density at radius 1 is 0.758 bits per heavy atom. The molecule has 4 rings (SSSR count). The molecule has 0 bridgehead atoms. The number of aromatic nitrogens is 2. The van der Waals surface area contributed by atoms with E-state index < -0.39 is 0 Å². The number of pyridine rings is 2. The molecule has 0 unspecified atom stereocenters. The van der Waals surface area contributed by atoms with Gasteiger partial charge in [0.05, 0.1) is 16.6 Å². The summed E-state index contributed by atoms with van der Waals surface area (Å²) in [4.78, 5) is 4.60. The monoisotopic (exact) mass is 481 g/mol. The van der Waals surface area contributed by atoms with Crippen LogP contribution < -0.4 is 15.2 Å². The maximum atomic E-state index is 6.25. The van der Waals surface area contributed by atoms with Gasteiger partial charge in [-0.25, -0.2) is 0 Å². The molecule has 33 heavy (non-hydrogen) atoms. The number of fused-ring (bicyclic) bond motifs is 2. The lowest BCUT2D eigenvalue weighted by Gasteiger charge is -2.12. The molecule has 4 aromatic rings. The summed E-state index contributed by atoms with van der Waals surface area (Å²) < 4.78 is 2.20. The predicted octanol–water partition coefficient (Wildman–Crippen LogP) is 7.22. The van der Waals surface area contributed by atoms with Crippen LogP contribution in [0.15, 0.2) is 48.5 Å². The molecule has 0 saturated heterocycles. The van der Waals surface area contributed by atoms with Crippen molar-refractivity contribution in [3.05, 3.63) is 70.0 Å². The molecule has 0 saturated carbocycles. The molecule has 0 radical (unpaired) electrons. The van der Waals surface area contributed by atoms with Gasteiger partial charge < -0.3 is 10.6 Å². The summed E-state index contributed by atoms with van der Waals surface area (Å²) in [7, 11) is 2.09. The topological polar surface area (TPSA) is 40.8 Å². The smallest absolute Gasteiger partial charge is 0.214 e. The Morgan fingerprint density at radius 3 is 2.06 bits per heavy atom. The number of hydrogen-bond donors (Lipinski definition) is 2. The van der Waals surface area contributed by atoms with Gasteiger partial charge >= 0.3 is 0 Å². The van der Waals surface area contributed by atoms with Crippen LogP contribution in [0.25, 0.3) is 21.8 Å². The molecule has 0 aliphatic carbocycles. The maximum absolute atomic E-state index is 6.25. The fourth-order valence-electron chi connectivity index (χ4n) is 4.26. The summed E-state index contributed by atoms with van der Waals surface area (Å²) in [6, 6.07) is 16.2. The lowest BCUT2D eigenvalue weighted by Crippen LogP contribution is -2.33. The fraction of sp³-hybridized carbons (Fsp3) is 0.333. The SMILES string of the molecule is Cc1cc(NCCCCCCNc2cc(C)[n+](C)c3ccc(Cl)cc23)c2cc(Cl)ccc2n1. The molecular weight excluding hydrogens is 451 g/mol. The van der Waals surface area contributed by atoms with Crippen LogP contribution >= 0.6 is 23.2 Å². The summed E-state index contributed by atoms with van der Waals surface area (Å²) in [5, 5.41) is 11.0. The van der Waals surface area contributed by atoms with E-state index in [9.17, 15) is 0 Å². The summed E-state index contributed by atoms with van der Waals surface area (Å²) >= 11 is 12.4. The standard InChI is InChI=1S/C27H30Cl2N4/c1-18-14-25(22-16-20(28)8-10-24(22)32-18)30-12-6-4-5-7-13-31-26-15-19(2)33(3)27-11-9-21(29)17-23(26)27/h8-11,14-17H,4-7,12-13H2,1-3H3,(H,30,32)/p+1. The Balaban J connectivity index is 1.25. The molecule has 0 spiro atoms. The van der Waals surface area contributed by atoms with E-state index in [0.29, 0.717) is 0 Å². The van der Waals surface area contributed by atoms with Crippen LogP contribution in [-0.2, 0) is 7.05 Å². The van der Waals surface area contributed by atoms with Crippen molar-refractivity contribution >= 4 is 56.4 Å². The van der Waals surface area contributed by atoms with Gasteiger partial charge in [-0.05, 0) is 56.2 Å². The number of halogens is 2. The van der Waals surface area contributed by atoms with E-state index in [1.54, 1.807) is 0 Å². The molecule has 6 heteroatoms. The first kappa shape index (κ1) is 23.6. The molecule has 4 nitrogen and oxygen atoms in total. The van der Waals surface area contributed by atoms with Crippen LogP contribution in [0.3, 0.4) is 0 Å². The van der Waals surface area contributed by atoms with Gasteiger partial charge in [0.2, 0.25) is 5.52 Å². The van der Waals surface area contributed by atoms with Gasteiger partial charge in [0.25, 0.3) is 0 Å². The van der Waals surface area contributed by atoms with Crippen molar-refractivity contribution in [3.63, 3.8) is 0 Å². The van der Waals surface area contributed by atoms with Gasteiger partial charge in [-0.15, -0.1) is 0 Å². The molecule has 2 aromatic carbocycles. The van der Waals surface area contributed by atoms with Crippen LogP contribution in [-0.4, -0.2) is 18.1 Å². The maximum Gasteiger partial charge on any atom is 0.214 e. The Hall–Kier alpha value is -2.56. The second kappa shape index (κ2) is 10.6. The highest BCUT2D eigenvalue weighted by molar-refractivity contribution is 6.31. The Kier molecular flexibility index (Phi) is 7.56. The van der Waals surface area contributed by atoms with E-state index in [1.165, 1.54) is 29.4 Å². The first-order valence-corrected chi connectivity index (χ1v) is 12.3. The highest BCUT2D eigenvalue weighted by Crippen LogP contribution is 2.27. The number of nitrogens with one attached hydrogen (secondary N) is 2. The molecule has 0 aliphatic rings. The average Bonchev–Trinajstić information content (AvgIpc) is 2.79. The van der Waals surface area contributed by atoms with Gasteiger partial charge in [-0.2, -0.15) is 4.57 Å². The van der Waals surface area contributed by atoms with Crippen LogP contribution in [0.4, 0.5) is 11.4 Å². The van der Waals surface area contributed by atoms with Gasteiger partial charge in [-0.3, -0.25) is 4.98 Å². The highest BCUT2D eigenvalue weighted by atomic mass is 35.5. The summed E-state index contributed by atoms with van der Waals surface area (Å²) in [5.41, 5.74) is 6.67. The molecule has 2 N–H and O–H groups in total. The van der Waals surface area contributed by atoms with Crippen LogP contribution in [0.1, 0.15) is 37.1 Å². The van der Waals surface area contributed by atoms with Gasteiger partial charge in [-0.1, -0.05) is 36.0 Å². The number of hydrogen-bond acceptors (Lipinski definition) is 3. The minimum absolute atomic E-state index is 0.737. The first-order chi connectivity index (χ1) is 15.9. The Labute approximate surface area is 205 Å². The average molecular weight is 482 g/mol. The normalized spacial score (nSPS) is 11.3. The summed E-state index contributed by atoms with van der Waals surface area (Å²) in [6.45, 7) is 6.05. The molecule has 172 valence electrons. The molecule has 2 aromatic heterocycles. The van der Waals surface area contributed by atoms with Crippen molar-refractivity contribution < 1.29 is 4.57 Å². The van der Waals surface area contributed by atoms with Gasteiger partial charge in [0.1, 0.15) is 7.05 Å². The van der Waals surface area contributed by atoms with Crippen LogP contribution in [0, 0.1) is 13.8 Å². The van der Waals surface area contributed by atoms with Crippen molar-refractivity contribution in [2.75, 3.05) is 23.7 Å². The fourth-order valence-corrected chi connectivity index (χ4v) is 4.61. The molecule has 0 fully saturated rings. The van der Waals surface area contributed by atoms with E-state index in [4.69, 9.17) is 23.2 Å². The molecule has 2 heterocycles. The number of benzene rings is 2. The molecular formula is C27H31Cl2N4+. The van der Waals surface area contributed by atoms with Gasteiger partial charge in [0.15, 0.2) is 5.69 Å². The number of unbranched alkanes of at least 4 members (excludes halogenated alkanes) is 3. The summed E-state index contributed by atoms with van der Waals surface area (Å²) in [5.74, 6) is 0. The zero-order valence-electron chi connectivity index (χ0n) is 19.5. The number of aryl methyl sites for hydroxylation is 3.